The lowest BCUT2D eigenvalue weighted by atomic mass is 9.87. The maximum Gasteiger partial charge on any atom is 0.251 e. The number of Topliss-reactive ketones (excluding diaryl/α,β-unsaturated/α-hetero) is 1. The summed E-state index contributed by atoms with van der Waals surface area (Å²) in [4.78, 5) is 48.2. The van der Waals surface area contributed by atoms with Gasteiger partial charge in [0.15, 0.2) is 5.78 Å². The van der Waals surface area contributed by atoms with E-state index in [1.54, 1.807) is 12.1 Å². The number of likely N-dealkylation sites (N-methyl/N-ethyl adjacent to an activating group) is 1. The molecule has 4 atom stereocenters. The van der Waals surface area contributed by atoms with Crippen LogP contribution in [0, 0.1) is 5.41 Å². The van der Waals surface area contributed by atoms with Crippen LogP contribution in [0.1, 0.15) is 37.6 Å². The third-order valence-corrected chi connectivity index (χ3v) is 7.06. The van der Waals surface area contributed by atoms with Gasteiger partial charge in [0, 0.05) is 48.9 Å². The van der Waals surface area contributed by atoms with E-state index in [-0.39, 0.29) is 36.2 Å². The zero-order valence-corrected chi connectivity index (χ0v) is 21.4. The Balaban J connectivity index is 1.49. The Morgan fingerprint density at radius 1 is 1.19 bits per heavy atom. The molecule has 3 aliphatic heterocycles. The summed E-state index contributed by atoms with van der Waals surface area (Å²) in [6.45, 7) is 9.78. The number of nitrogens with one attached hydrogen (secondary N) is 1. The Labute approximate surface area is 211 Å². The van der Waals surface area contributed by atoms with Crippen molar-refractivity contribution < 1.29 is 19.1 Å². The van der Waals surface area contributed by atoms with Gasteiger partial charge in [-0.2, -0.15) is 0 Å². The minimum absolute atomic E-state index is 0.0835. The van der Waals surface area contributed by atoms with Crippen molar-refractivity contribution in [3.05, 3.63) is 40.3 Å². The van der Waals surface area contributed by atoms with E-state index in [1.165, 1.54) is 4.90 Å². The fraction of sp³-hybridized carbons (Fsp3) is 0.640. The third kappa shape index (κ3) is 5.64. The number of anilines is 1. The van der Waals surface area contributed by atoms with E-state index in [9.17, 15) is 14.4 Å². The summed E-state index contributed by atoms with van der Waals surface area (Å²) in [7, 11) is 2.11. The highest BCUT2D eigenvalue weighted by molar-refractivity contribution is 5.99. The van der Waals surface area contributed by atoms with Crippen molar-refractivity contribution in [2.24, 2.45) is 10.5 Å². The molecule has 0 saturated carbocycles. The van der Waals surface area contributed by atoms with Gasteiger partial charge in [-0.3, -0.25) is 14.4 Å². The summed E-state index contributed by atoms with van der Waals surface area (Å²) in [6.07, 6.45) is -0.267. The quantitative estimate of drug-likeness (QED) is 0.362. The van der Waals surface area contributed by atoms with Gasteiger partial charge < -0.3 is 24.8 Å². The molecule has 3 fully saturated rings. The topological polar surface area (TPSA) is 131 Å². The van der Waals surface area contributed by atoms with Gasteiger partial charge in [0.2, 0.25) is 5.91 Å². The van der Waals surface area contributed by atoms with Crippen LogP contribution in [0.5, 0.6) is 0 Å². The van der Waals surface area contributed by atoms with Crippen LogP contribution in [0.2, 0.25) is 0 Å². The molecule has 0 aromatic heterocycles. The van der Waals surface area contributed by atoms with Crippen molar-refractivity contribution in [2.75, 3.05) is 51.3 Å². The smallest absolute Gasteiger partial charge is 0.251 e. The van der Waals surface area contributed by atoms with Crippen molar-refractivity contribution in [2.45, 2.75) is 51.4 Å². The van der Waals surface area contributed by atoms with Gasteiger partial charge in [0.05, 0.1) is 12.1 Å². The second kappa shape index (κ2) is 10.5. The Bertz CT molecular complexity index is 1040. The van der Waals surface area contributed by atoms with Crippen LogP contribution in [-0.2, 0) is 14.3 Å². The first-order valence-corrected chi connectivity index (χ1v) is 12.4. The Morgan fingerprint density at radius 3 is 2.47 bits per heavy atom. The number of fused-ring (bicyclic) bond motifs is 1. The lowest BCUT2D eigenvalue weighted by molar-refractivity contribution is -0.138. The average Bonchev–Trinajstić information content (AvgIpc) is 3.39. The maximum atomic E-state index is 13.7. The minimum Gasteiger partial charge on any atom is -0.369 e. The fourth-order valence-corrected chi connectivity index (χ4v) is 5.17. The molecule has 3 aliphatic rings. The van der Waals surface area contributed by atoms with Gasteiger partial charge in [-0.15, -0.1) is 0 Å². The number of hydrogen-bond donors (Lipinski definition) is 1. The summed E-state index contributed by atoms with van der Waals surface area (Å²) >= 11 is 0. The standard InChI is InChI=1S/C25H35N7O4/c1-25(2,3)13-18(24(35)32-14-19(28-29-26)22-21(32)20(33)15-36-22)27-23(34)16-5-7-17(8-6-16)31-11-9-30(4)10-12-31/h5-8,18-19,21-22H,9-15H2,1-4H3,(H,27,34)/t18-,19+,21+,22+/m0/s1. The van der Waals surface area contributed by atoms with Gasteiger partial charge in [-0.1, -0.05) is 25.9 Å². The molecule has 1 N–H and O–H groups in total. The first kappa shape index (κ1) is 25.9. The molecule has 2 amide bonds. The van der Waals surface area contributed by atoms with Crippen LogP contribution in [0.25, 0.3) is 10.4 Å². The van der Waals surface area contributed by atoms with Crippen LogP contribution >= 0.6 is 0 Å². The highest BCUT2D eigenvalue weighted by atomic mass is 16.5. The van der Waals surface area contributed by atoms with Crippen molar-refractivity contribution in [1.29, 1.82) is 0 Å². The second-order valence-corrected chi connectivity index (χ2v) is 11.1. The van der Waals surface area contributed by atoms with Crippen LogP contribution in [0.4, 0.5) is 5.69 Å². The number of rotatable bonds is 6. The largest absolute Gasteiger partial charge is 0.369 e. The molecule has 11 nitrogen and oxygen atoms in total. The molecule has 4 rings (SSSR count). The van der Waals surface area contributed by atoms with Gasteiger partial charge in [-0.25, -0.2) is 0 Å². The molecule has 0 unspecified atom stereocenters. The van der Waals surface area contributed by atoms with E-state index in [0.29, 0.717) is 12.0 Å². The fourth-order valence-electron chi connectivity index (χ4n) is 5.17. The number of ketones is 1. The monoisotopic (exact) mass is 497 g/mol. The molecule has 0 spiro atoms. The molecule has 0 aliphatic carbocycles. The highest BCUT2D eigenvalue weighted by Gasteiger charge is 2.53. The van der Waals surface area contributed by atoms with E-state index in [1.807, 2.05) is 32.9 Å². The number of hydrogen-bond acceptors (Lipinski definition) is 7. The number of benzene rings is 1. The lowest BCUT2D eigenvalue weighted by Crippen LogP contribution is -2.53. The van der Waals surface area contributed by atoms with Crippen LogP contribution < -0.4 is 10.2 Å². The molecule has 36 heavy (non-hydrogen) atoms. The average molecular weight is 498 g/mol. The number of azide groups is 1. The molecular formula is C25H35N7O4. The predicted octanol–water partition coefficient (Wildman–Crippen LogP) is 1.83. The summed E-state index contributed by atoms with van der Waals surface area (Å²) < 4.78 is 5.53. The van der Waals surface area contributed by atoms with Gasteiger partial charge in [-0.05, 0) is 48.7 Å². The molecule has 1 aromatic carbocycles. The van der Waals surface area contributed by atoms with Crippen molar-refractivity contribution >= 4 is 23.3 Å². The van der Waals surface area contributed by atoms with E-state index in [2.05, 4.69) is 32.2 Å². The normalized spacial score (nSPS) is 25.3. The number of ether oxygens (including phenoxy) is 1. The maximum absolute atomic E-state index is 13.7. The summed E-state index contributed by atoms with van der Waals surface area (Å²) in [6, 6.07) is 5.15. The molecule has 0 bridgehead atoms. The van der Waals surface area contributed by atoms with Crippen molar-refractivity contribution in [1.82, 2.24) is 15.1 Å². The number of amides is 2. The molecule has 3 saturated heterocycles. The molecule has 11 heteroatoms. The highest BCUT2D eigenvalue weighted by Crippen LogP contribution is 2.31. The molecule has 1 aromatic rings. The molecule has 0 radical (unpaired) electrons. The van der Waals surface area contributed by atoms with E-state index < -0.39 is 24.2 Å². The molecule has 3 heterocycles. The van der Waals surface area contributed by atoms with Gasteiger partial charge in [0.1, 0.15) is 18.7 Å². The summed E-state index contributed by atoms with van der Waals surface area (Å²) in [5.41, 5.74) is 10.2. The Kier molecular flexibility index (Phi) is 7.54. The van der Waals surface area contributed by atoms with Gasteiger partial charge >= 0.3 is 0 Å². The van der Waals surface area contributed by atoms with E-state index in [0.717, 1.165) is 31.9 Å². The van der Waals surface area contributed by atoms with Gasteiger partial charge in [0.25, 0.3) is 5.91 Å². The SMILES string of the molecule is CN1CCN(c2ccc(C(=O)N[C@@H](CC(C)(C)C)C(=O)N3C[C@@H](N=[N+]=[N-])[C@H]4OCC(=O)[C@H]43)cc2)CC1. The Morgan fingerprint density at radius 2 is 1.86 bits per heavy atom. The van der Waals surface area contributed by atoms with Crippen LogP contribution in [0.15, 0.2) is 29.4 Å². The summed E-state index contributed by atoms with van der Waals surface area (Å²) in [5.74, 6) is -0.931. The van der Waals surface area contributed by atoms with E-state index in [4.69, 9.17) is 10.3 Å². The van der Waals surface area contributed by atoms with Crippen molar-refractivity contribution in [3.8, 4) is 0 Å². The number of piperazine rings is 1. The molecular weight excluding hydrogens is 462 g/mol. The number of carbonyl (C=O) groups excluding carboxylic acids is 3. The summed E-state index contributed by atoms with van der Waals surface area (Å²) in [5, 5.41) is 6.65. The lowest BCUT2D eigenvalue weighted by Gasteiger charge is -2.34. The van der Waals surface area contributed by atoms with E-state index >= 15 is 0 Å². The first-order chi connectivity index (χ1) is 17.1. The second-order valence-electron chi connectivity index (χ2n) is 11.1. The van der Waals surface area contributed by atoms with Crippen LogP contribution in [-0.4, -0.2) is 98.0 Å². The molecule has 194 valence electrons. The van der Waals surface area contributed by atoms with Crippen molar-refractivity contribution in [3.63, 3.8) is 0 Å². The zero-order chi connectivity index (χ0) is 26.0. The third-order valence-electron chi connectivity index (χ3n) is 7.06. The number of carbonyl (C=O) groups is 3. The zero-order valence-electron chi connectivity index (χ0n) is 21.4. The first-order valence-electron chi connectivity index (χ1n) is 12.4. The number of nitrogens with zero attached hydrogens (tertiary/aromatic N) is 6. The predicted molar refractivity (Wildman–Crippen MR) is 135 cm³/mol. The number of likely N-dealkylation sites (tertiary alicyclic amines) is 1. The van der Waals surface area contributed by atoms with Crippen LogP contribution in [0.3, 0.4) is 0 Å². The minimum atomic E-state index is -0.839. The Hall–Kier alpha value is -3.14.